The molecule has 0 aliphatic rings. The van der Waals surface area contributed by atoms with E-state index in [0.29, 0.717) is 0 Å². The van der Waals surface area contributed by atoms with Gasteiger partial charge in [-0.05, 0) is 23.3 Å². The van der Waals surface area contributed by atoms with Gasteiger partial charge in [0.1, 0.15) is 0 Å². The SMILES string of the molecule is C=Cc1ccc(Cc2cn[nH]n2)cc1.c1ccncc1. The molecule has 0 saturated carbocycles. The van der Waals surface area contributed by atoms with Gasteiger partial charge in [0.2, 0.25) is 0 Å². The molecule has 3 aromatic rings. The van der Waals surface area contributed by atoms with E-state index < -0.39 is 0 Å². The van der Waals surface area contributed by atoms with Gasteiger partial charge in [-0.25, -0.2) is 0 Å². The number of rotatable bonds is 3. The van der Waals surface area contributed by atoms with E-state index in [2.05, 4.69) is 39.1 Å². The van der Waals surface area contributed by atoms with Crippen molar-refractivity contribution in [1.82, 2.24) is 20.4 Å². The molecule has 4 heteroatoms. The first kappa shape index (κ1) is 13.7. The number of aromatic amines is 1. The lowest BCUT2D eigenvalue weighted by atomic mass is 10.1. The summed E-state index contributed by atoms with van der Waals surface area (Å²) in [5.41, 5.74) is 3.31. The van der Waals surface area contributed by atoms with Gasteiger partial charge in [0.15, 0.2) is 0 Å². The number of H-pyrrole nitrogens is 1. The van der Waals surface area contributed by atoms with E-state index in [1.165, 1.54) is 5.56 Å². The van der Waals surface area contributed by atoms with E-state index in [4.69, 9.17) is 0 Å². The van der Waals surface area contributed by atoms with Gasteiger partial charge < -0.3 is 0 Å². The lowest BCUT2D eigenvalue weighted by molar-refractivity contribution is 0.915. The fraction of sp³-hybridized carbons (Fsp3) is 0.0625. The van der Waals surface area contributed by atoms with Crippen LogP contribution in [0, 0.1) is 0 Å². The Labute approximate surface area is 118 Å². The van der Waals surface area contributed by atoms with E-state index in [0.717, 1.165) is 17.7 Å². The maximum Gasteiger partial charge on any atom is 0.0868 e. The average Bonchev–Trinajstić information content (AvgIpc) is 3.03. The fourth-order valence-electron chi connectivity index (χ4n) is 1.60. The van der Waals surface area contributed by atoms with Crippen molar-refractivity contribution in [1.29, 1.82) is 0 Å². The highest BCUT2D eigenvalue weighted by atomic mass is 15.3. The lowest BCUT2D eigenvalue weighted by Gasteiger charge is -1.98. The molecule has 1 N–H and O–H groups in total. The Kier molecular flexibility index (Phi) is 5.22. The quantitative estimate of drug-likeness (QED) is 0.790. The molecule has 4 nitrogen and oxygen atoms in total. The van der Waals surface area contributed by atoms with Crippen LogP contribution >= 0.6 is 0 Å². The van der Waals surface area contributed by atoms with Gasteiger partial charge in [-0.3, -0.25) is 4.98 Å². The van der Waals surface area contributed by atoms with E-state index >= 15 is 0 Å². The molecule has 0 unspecified atom stereocenters. The second-order valence-electron chi connectivity index (χ2n) is 4.11. The third-order valence-electron chi connectivity index (χ3n) is 2.63. The van der Waals surface area contributed by atoms with Crippen LogP contribution < -0.4 is 0 Å². The van der Waals surface area contributed by atoms with Gasteiger partial charge in [-0.1, -0.05) is 43.0 Å². The van der Waals surface area contributed by atoms with Crippen LogP contribution in [0.3, 0.4) is 0 Å². The molecule has 20 heavy (non-hydrogen) atoms. The normalized spacial score (nSPS) is 9.40. The molecule has 3 rings (SSSR count). The molecule has 0 aliphatic carbocycles. The van der Waals surface area contributed by atoms with Gasteiger partial charge in [0.25, 0.3) is 0 Å². The Morgan fingerprint density at radius 3 is 2.25 bits per heavy atom. The summed E-state index contributed by atoms with van der Waals surface area (Å²) < 4.78 is 0. The van der Waals surface area contributed by atoms with Gasteiger partial charge in [-0.15, -0.1) is 0 Å². The minimum absolute atomic E-state index is 0.813. The van der Waals surface area contributed by atoms with Crippen molar-refractivity contribution in [2.24, 2.45) is 0 Å². The molecule has 0 spiro atoms. The number of pyridine rings is 1. The summed E-state index contributed by atoms with van der Waals surface area (Å²) in [5, 5.41) is 10.4. The number of benzene rings is 1. The van der Waals surface area contributed by atoms with Crippen molar-refractivity contribution in [2.75, 3.05) is 0 Å². The van der Waals surface area contributed by atoms with E-state index in [-0.39, 0.29) is 0 Å². The molecule has 0 amide bonds. The zero-order chi connectivity index (χ0) is 14.0. The number of hydrogen-bond donors (Lipinski definition) is 1. The lowest BCUT2D eigenvalue weighted by Crippen LogP contribution is -1.88. The third kappa shape index (κ3) is 4.49. The highest BCUT2D eigenvalue weighted by molar-refractivity contribution is 5.47. The largest absolute Gasteiger partial charge is 0.265 e. The van der Waals surface area contributed by atoms with Gasteiger partial charge in [0.05, 0.1) is 11.9 Å². The smallest absolute Gasteiger partial charge is 0.0868 e. The maximum atomic E-state index is 4.00. The second-order valence-corrected chi connectivity index (χ2v) is 4.11. The minimum Gasteiger partial charge on any atom is -0.265 e. The number of nitrogens with zero attached hydrogens (tertiary/aromatic N) is 3. The minimum atomic E-state index is 0.813. The zero-order valence-electron chi connectivity index (χ0n) is 11.1. The van der Waals surface area contributed by atoms with Crippen LogP contribution in [0.4, 0.5) is 0 Å². The Balaban J connectivity index is 0.000000205. The van der Waals surface area contributed by atoms with Crippen LogP contribution in [0.25, 0.3) is 6.08 Å². The number of aromatic nitrogens is 4. The monoisotopic (exact) mass is 264 g/mol. The van der Waals surface area contributed by atoms with E-state index in [1.807, 2.05) is 36.4 Å². The van der Waals surface area contributed by atoms with Crippen molar-refractivity contribution in [2.45, 2.75) is 6.42 Å². The Morgan fingerprint density at radius 1 is 1.05 bits per heavy atom. The van der Waals surface area contributed by atoms with Gasteiger partial charge in [0, 0.05) is 18.8 Å². The molecule has 100 valence electrons. The van der Waals surface area contributed by atoms with Crippen LogP contribution in [-0.2, 0) is 6.42 Å². The molecular weight excluding hydrogens is 248 g/mol. The van der Waals surface area contributed by atoms with Crippen LogP contribution in [0.1, 0.15) is 16.8 Å². The summed E-state index contributed by atoms with van der Waals surface area (Å²) >= 11 is 0. The van der Waals surface area contributed by atoms with Crippen molar-refractivity contribution in [3.63, 3.8) is 0 Å². The molecule has 0 atom stereocenters. The molecular formula is C16H16N4. The molecule has 0 fully saturated rings. The number of hydrogen-bond acceptors (Lipinski definition) is 3. The van der Waals surface area contributed by atoms with Gasteiger partial charge >= 0.3 is 0 Å². The average molecular weight is 264 g/mol. The highest BCUT2D eigenvalue weighted by Crippen LogP contribution is 2.08. The van der Waals surface area contributed by atoms with Crippen LogP contribution in [0.15, 0.2) is 67.6 Å². The molecule has 0 bridgehead atoms. The molecule has 2 heterocycles. The summed E-state index contributed by atoms with van der Waals surface area (Å²) in [5.74, 6) is 0. The maximum absolute atomic E-state index is 4.00. The highest BCUT2D eigenvalue weighted by Gasteiger charge is 1.97. The molecule has 2 aromatic heterocycles. The van der Waals surface area contributed by atoms with Crippen molar-refractivity contribution in [3.05, 3.63) is 84.5 Å². The standard InChI is InChI=1S/C11H11N3.C5H5N/c1-2-9-3-5-10(6-4-9)7-11-8-12-14-13-11;1-2-4-6-5-3-1/h2-6,8H,1,7H2,(H,12,13,14);1-5H. The van der Waals surface area contributed by atoms with Crippen molar-refractivity contribution >= 4 is 6.08 Å². The van der Waals surface area contributed by atoms with Crippen LogP contribution in [-0.4, -0.2) is 20.4 Å². The summed E-state index contributed by atoms with van der Waals surface area (Å²) in [4.78, 5) is 3.78. The Bertz CT molecular complexity index is 574. The number of nitrogens with one attached hydrogen (secondary N) is 1. The molecule has 1 aromatic carbocycles. The molecule has 0 aliphatic heterocycles. The van der Waals surface area contributed by atoms with E-state index in [9.17, 15) is 0 Å². The topological polar surface area (TPSA) is 54.5 Å². The fourth-order valence-corrected chi connectivity index (χ4v) is 1.60. The Morgan fingerprint density at radius 2 is 1.80 bits per heavy atom. The van der Waals surface area contributed by atoms with Crippen molar-refractivity contribution in [3.8, 4) is 0 Å². The Hall–Kier alpha value is -2.75. The summed E-state index contributed by atoms with van der Waals surface area (Å²) in [6, 6.07) is 14.0. The summed E-state index contributed by atoms with van der Waals surface area (Å²) in [6.07, 6.45) is 7.88. The van der Waals surface area contributed by atoms with E-state index in [1.54, 1.807) is 18.6 Å². The predicted molar refractivity (Wildman–Crippen MR) is 80.0 cm³/mol. The van der Waals surface area contributed by atoms with Crippen molar-refractivity contribution < 1.29 is 0 Å². The first-order valence-corrected chi connectivity index (χ1v) is 6.29. The summed E-state index contributed by atoms with van der Waals surface area (Å²) in [6.45, 7) is 3.71. The first-order valence-electron chi connectivity index (χ1n) is 6.29. The molecule has 0 saturated heterocycles. The zero-order valence-corrected chi connectivity index (χ0v) is 11.1. The second kappa shape index (κ2) is 7.63. The van der Waals surface area contributed by atoms with Crippen LogP contribution in [0.2, 0.25) is 0 Å². The summed E-state index contributed by atoms with van der Waals surface area (Å²) in [7, 11) is 0. The van der Waals surface area contributed by atoms with Crippen LogP contribution in [0.5, 0.6) is 0 Å². The first-order chi connectivity index (χ1) is 9.88. The van der Waals surface area contributed by atoms with Gasteiger partial charge in [-0.2, -0.15) is 15.4 Å². The third-order valence-corrected chi connectivity index (χ3v) is 2.63. The predicted octanol–water partition coefficient (Wildman–Crippen LogP) is 3.12. The molecule has 0 radical (unpaired) electrons.